The SMILES string of the molecule is CCCc1[nH]n(-c2nc3ccccc3s2)c(=O)c1C(C)=NCCc1cnc[nH]1. The van der Waals surface area contributed by atoms with Gasteiger partial charge in [-0.15, -0.1) is 0 Å². The van der Waals surface area contributed by atoms with Gasteiger partial charge in [-0.2, -0.15) is 4.68 Å². The number of nitrogens with one attached hydrogen (secondary N) is 2. The predicted molar refractivity (Wildman–Crippen MR) is 113 cm³/mol. The number of hydrogen-bond acceptors (Lipinski definition) is 5. The van der Waals surface area contributed by atoms with E-state index in [4.69, 9.17) is 0 Å². The first kappa shape index (κ1) is 18.4. The number of thiazole rings is 1. The molecular weight excluding hydrogens is 372 g/mol. The molecule has 0 aliphatic carbocycles. The van der Waals surface area contributed by atoms with Crippen LogP contribution in [0, 0.1) is 0 Å². The quantitative estimate of drug-likeness (QED) is 0.470. The number of hydrogen-bond donors (Lipinski definition) is 2. The van der Waals surface area contributed by atoms with Gasteiger partial charge in [0.15, 0.2) is 0 Å². The molecule has 2 N–H and O–H groups in total. The maximum absolute atomic E-state index is 13.2. The third-order valence-corrected chi connectivity index (χ3v) is 5.61. The smallest absolute Gasteiger partial charge is 0.282 e. The Bertz CT molecular complexity index is 1130. The number of rotatable bonds is 7. The van der Waals surface area contributed by atoms with Crippen molar-refractivity contribution in [1.29, 1.82) is 0 Å². The molecule has 0 saturated heterocycles. The Labute approximate surface area is 166 Å². The van der Waals surface area contributed by atoms with Gasteiger partial charge >= 0.3 is 0 Å². The minimum atomic E-state index is -0.0923. The first-order valence-corrected chi connectivity index (χ1v) is 10.2. The van der Waals surface area contributed by atoms with Crippen molar-refractivity contribution < 1.29 is 0 Å². The van der Waals surface area contributed by atoms with Gasteiger partial charge in [0, 0.05) is 36.3 Å². The molecule has 0 fully saturated rings. The van der Waals surface area contributed by atoms with Crippen LogP contribution in [0.5, 0.6) is 0 Å². The second-order valence-electron chi connectivity index (χ2n) is 6.61. The monoisotopic (exact) mass is 394 g/mol. The number of fused-ring (bicyclic) bond motifs is 1. The maximum Gasteiger partial charge on any atom is 0.282 e. The number of benzene rings is 1. The van der Waals surface area contributed by atoms with Gasteiger partial charge in [-0.05, 0) is 25.5 Å². The van der Waals surface area contributed by atoms with Crippen LogP contribution in [0.4, 0.5) is 0 Å². The molecule has 0 spiro atoms. The van der Waals surface area contributed by atoms with Crippen LogP contribution in [-0.2, 0) is 12.8 Å². The summed E-state index contributed by atoms with van der Waals surface area (Å²) in [6.45, 7) is 4.60. The van der Waals surface area contributed by atoms with Gasteiger partial charge in [-0.3, -0.25) is 14.9 Å². The minimum absolute atomic E-state index is 0.0923. The fraction of sp³-hybridized carbons (Fsp3) is 0.300. The Kier molecular flexibility index (Phi) is 5.21. The highest BCUT2D eigenvalue weighted by Crippen LogP contribution is 2.24. The van der Waals surface area contributed by atoms with Crippen LogP contribution in [0.15, 0.2) is 46.6 Å². The van der Waals surface area contributed by atoms with E-state index in [1.54, 1.807) is 17.2 Å². The van der Waals surface area contributed by atoms with Gasteiger partial charge in [-0.1, -0.05) is 36.8 Å². The average molecular weight is 395 g/mol. The molecule has 0 bridgehead atoms. The Hall–Kier alpha value is -3.00. The first-order valence-electron chi connectivity index (χ1n) is 9.36. The largest absolute Gasteiger partial charge is 0.348 e. The summed E-state index contributed by atoms with van der Waals surface area (Å²) in [5.41, 5.74) is 4.16. The fourth-order valence-corrected chi connectivity index (χ4v) is 4.15. The summed E-state index contributed by atoms with van der Waals surface area (Å²) >= 11 is 1.50. The van der Waals surface area contributed by atoms with Gasteiger partial charge in [0.25, 0.3) is 5.56 Å². The minimum Gasteiger partial charge on any atom is -0.348 e. The second kappa shape index (κ2) is 7.93. The van der Waals surface area contributed by atoms with Gasteiger partial charge < -0.3 is 4.98 Å². The predicted octanol–water partition coefficient (Wildman–Crippen LogP) is 3.50. The number of aryl methyl sites for hydroxylation is 1. The fourth-order valence-electron chi connectivity index (χ4n) is 3.22. The van der Waals surface area contributed by atoms with E-state index < -0.39 is 0 Å². The number of aromatic nitrogens is 5. The van der Waals surface area contributed by atoms with Crippen LogP contribution in [0.3, 0.4) is 0 Å². The molecule has 4 aromatic rings. The highest BCUT2D eigenvalue weighted by molar-refractivity contribution is 7.20. The lowest BCUT2D eigenvalue weighted by molar-refractivity contribution is 0.790. The zero-order valence-corrected chi connectivity index (χ0v) is 16.7. The standard InChI is InChI=1S/C20H22N6OS/c1-3-6-16-18(13(2)22-10-9-14-11-21-12-23-14)19(27)26(25-16)20-24-15-7-4-5-8-17(15)28-20/h4-5,7-8,11-12,25H,3,6,9-10H2,1-2H3,(H,21,23). The molecule has 3 heterocycles. The number of nitrogens with zero attached hydrogens (tertiary/aromatic N) is 4. The zero-order valence-electron chi connectivity index (χ0n) is 15.9. The zero-order chi connectivity index (χ0) is 19.5. The second-order valence-corrected chi connectivity index (χ2v) is 7.62. The van der Waals surface area contributed by atoms with Gasteiger partial charge in [0.1, 0.15) is 0 Å². The van der Waals surface area contributed by atoms with E-state index in [0.717, 1.165) is 46.6 Å². The van der Waals surface area contributed by atoms with E-state index in [9.17, 15) is 4.79 Å². The molecule has 0 radical (unpaired) electrons. The van der Waals surface area contributed by atoms with E-state index in [1.165, 1.54) is 11.3 Å². The van der Waals surface area contributed by atoms with Crippen LogP contribution in [0.25, 0.3) is 15.3 Å². The van der Waals surface area contributed by atoms with Crippen molar-refractivity contribution in [3.8, 4) is 5.13 Å². The summed E-state index contributed by atoms with van der Waals surface area (Å²) in [5.74, 6) is 0. The number of para-hydroxylation sites is 1. The summed E-state index contributed by atoms with van der Waals surface area (Å²) < 4.78 is 2.61. The van der Waals surface area contributed by atoms with E-state index in [0.29, 0.717) is 17.2 Å². The molecule has 0 aliphatic rings. The number of aromatic amines is 2. The van der Waals surface area contributed by atoms with Crippen LogP contribution in [0.2, 0.25) is 0 Å². The summed E-state index contributed by atoms with van der Waals surface area (Å²) in [6.07, 6.45) is 5.94. The van der Waals surface area contributed by atoms with Crippen molar-refractivity contribution in [2.45, 2.75) is 33.1 Å². The molecule has 0 amide bonds. The molecule has 1 aromatic carbocycles. The van der Waals surface area contributed by atoms with Crippen molar-refractivity contribution in [3.63, 3.8) is 0 Å². The molecular formula is C20H22N6OS. The summed E-state index contributed by atoms with van der Waals surface area (Å²) in [5, 5.41) is 3.92. The molecule has 0 aliphatic heterocycles. The first-order chi connectivity index (χ1) is 13.7. The molecule has 4 rings (SSSR count). The molecule has 8 heteroatoms. The average Bonchev–Trinajstić information content (AvgIpc) is 3.40. The third kappa shape index (κ3) is 3.55. The Morgan fingerprint density at radius 2 is 2.14 bits per heavy atom. The number of imidazole rings is 1. The molecule has 7 nitrogen and oxygen atoms in total. The Morgan fingerprint density at radius 1 is 1.29 bits per heavy atom. The lowest BCUT2D eigenvalue weighted by Crippen LogP contribution is -2.20. The van der Waals surface area contributed by atoms with Crippen molar-refractivity contribution in [2.75, 3.05) is 6.54 Å². The van der Waals surface area contributed by atoms with Crippen molar-refractivity contribution in [1.82, 2.24) is 24.7 Å². The van der Waals surface area contributed by atoms with E-state index in [-0.39, 0.29) is 5.56 Å². The van der Waals surface area contributed by atoms with E-state index in [1.807, 2.05) is 31.2 Å². The highest BCUT2D eigenvalue weighted by atomic mass is 32.1. The molecule has 28 heavy (non-hydrogen) atoms. The van der Waals surface area contributed by atoms with Crippen LogP contribution in [-0.4, -0.2) is 37.0 Å². The number of aliphatic imine (C=N–C) groups is 1. The van der Waals surface area contributed by atoms with Gasteiger partial charge in [0.2, 0.25) is 5.13 Å². The topological polar surface area (TPSA) is 91.7 Å². The van der Waals surface area contributed by atoms with Crippen LogP contribution < -0.4 is 5.56 Å². The molecule has 0 saturated carbocycles. The Balaban J connectivity index is 1.69. The maximum atomic E-state index is 13.2. The normalized spacial score (nSPS) is 12.1. The summed E-state index contributed by atoms with van der Waals surface area (Å²) in [4.78, 5) is 29.5. The van der Waals surface area contributed by atoms with Crippen LogP contribution >= 0.6 is 11.3 Å². The summed E-state index contributed by atoms with van der Waals surface area (Å²) in [7, 11) is 0. The summed E-state index contributed by atoms with van der Waals surface area (Å²) in [6, 6.07) is 7.90. The third-order valence-electron chi connectivity index (χ3n) is 4.59. The molecule has 3 aromatic heterocycles. The molecule has 0 atom stereocenters. The van der Waals surface area contributed by atoms with E-state index >= 15 is 0 Å². The van der Waals surface area contributed by atoms with Crippen LogP contribution in [0.1, 0.15) is 37.2 Å². The molecule has 0 unspecified atom stereocenters. The highest BCUT2D eigenvalue weighted by Gasteiger charge is 2.19. The van der Waals surface area contributed by atoms with Crippen molar-refractivity contribution in [2.24, 2.45) is 4.99 Å². The van der Waals surface area contributed by atoms with E-state index in [2.05, 4.69) is 32.0 Å². The lowest BCUT2D eigenvalue weighted by Gasteiger charge is -2.01. The molecule has 144 valence electrons. The van der Waals surface area contributed by atoms with Crippen molar-refractivity contribution >= 4 is 27.3 Å². The lowest BCUT2D eigenvalue weighted by atomic mass is 10.1. The van der Waals surface area contributed by atoms with Gasteiger partial charge in [0.05, 0.1) is 22.1 Å². The number of H-pyrrole nitrogens is 2. The van der Waals surface area contributed by atoms with Gasteiger partial charge in [-0.25, -0.2) is 9.97 Å². The Morgan fingerprint density at radius 3 is 2.89 bits per heavy atom. The van der Waals surface area contributed by atoms with Crippen molar-refractivity contribution in [3.05, 3.63) is 64.1 Å².